The number of fused-ring (bicyclic) bond motifs is 1. The Labute approximate surface area is 182 Å². The number of nitrogens with one attached hydrogen (secondary N) is 3. The lowest BCUT2D eigenvalue weighted by Gasteiger charge is -2.28. The molecule has 5 N–H and O–H groups in total. The van der Waals surface area contributed by atoms with Crippen LogP contribution in [0.25, 0.3) is 22.5 Å². The normalized spacial score (nSPS) is 16.5. The summed E-state index contributed by atoms with van der Waals surface area (Å²) in [4.78, 5) is 11.1. The van der Waals surface area contributed by atoms with Gasteiger partial charge in [-0.2, -0.15) is 0 Å². The minimum atomic E-state index is -4.54. The molecule has 1 fully saturated rings. The molecule has 3 aromatic rings. The molecule has 166 valence electrons. The van der Waals surface area contributed by atoms with E-state index in [-0.39, 0.29) is 36.9 Å². The summed E-state index contributed by atoms with van der Waals surface area (Å²) in [7, 11) is -8.56. The number of carbonyl (C=O) groups is 1. The zero-order valence-corrected chi connectivity index (χ0v) is 18.0. The van der Waals surface area contributed by atoms with Crippen molar-refractivity contribution in [2.24, 2.45) is 5.14 Å². The lowest BCUT2D eigenvalue weighted by atomic mass is 9.93. The Balaban J connectivity index is 1.88. The first-order valence-electron chi connectivity index (χ1n) is 9.48. The molecule has 0 spiro atoms. The lowest BCUT2D eigenvalue weighted by Crippen LogP contribution is -2.51. The second-order valence-electron chi connectivity index (χ2n) is 7.45. The van der Waals surface area contributed by atoms with Gasteiger partial charge in [0.1, 0.15) is 4.90 Å². The molecule has 14 heteroatoms. The quantitative estimate of drug-likeness (QED) is 0.365. The fraction of sp³-hybridized carbons (Fsp3) is 0.222. The number of H-pyrrole nitrogens is 1. The van der Waals surface area contributed by atoms with Gasteiger partial charge >= 0.3 is 0 Å². The van der Waals surface area contributed by atoms with E-state index >= 15 is 0 Å². The van der Waals surface area contributed by atoms with Crippen molar-refractivity contribution >= 4 is 25.8 Å². The van der Waals surface area contributed by atoms with Crippen LogP contribution < -0.4 is 15.8 Å². The molecule has 2 aliphatic heterocycles. The van der Waals surface area contributed by atoms with E-state index in [0.29, 0.717) is 22.3 Å². The monoisotopic (exact) mass is 475 g/mol. The minimum absolute atomic E-state index is 0.0669. The molecule has 32 heavy (non-hydrogen) atoms. The topological polar surface area (TPSA) is 190 Å². The number of aromatic nitrogens is 4. The summed E-state index contributed by atoms with van der Waals surface area (Å²) in [5.41, 5.74) is 1.88. The van der Waals surface area contributed by atoms with Crippen LogP contribution in [0.3, 0.4) is 0 Å². The maximum absolute atomic E-state index is 13.2. The van der Waals surface area contributed by atoms with Crippen LogP contribution in [0.1, 0.15) is 15.9 Å². The number of benzene rings is 2. The zero-order chi connectivity index (χ0) is 22.7. The van der Waals surface area contributed by atoms with Crippen molar-refractivity contribution in [1.82, 2.24) is 31.3 Å². The number of sulfonamides is 1. The second kappa shape index (κ2) is 7.16. The summed E-state index contributed by atoms with van der Waals surface area (Å²) in [6.45, 7) is 0.636. The number of sulfone groups is 1. The summed E-state index contributed by atoms with van der Waals surface area (Å²) < 4.78 is 51.9. The van der Waals surface area contributed by atoms with E-state index in [9.17, 15) is 21.6 Å². The summed E-state index contributed by atoms with van der Waals surface area (Å²) in [6, 6.07) is 7.74. The highest BCUT2D eigenvalue weighted by molar-refractivity contribution is 7.94. The van der Waals surface area contributed by atoms with Gasteiger partial charge in [0.15, 0.2) is 15.7 Å². The van der Waals surface area contributed by atoms with Gasteiger partial charge in [0.25, 0.3) is 5.91 Å². The number of carbonyl (C=O) groups excluding carboxylic acids is 1. The van der Waals surface area contributed by atoms with Gasteiger partial charge in [-0.1, -0.05) is 18.2 Å². The van der Waals surface area contributed by atoms with E-state index < -0.39 is 34.9 Å². The summed E-state index contributed by atoms with van der Waals surface area (Å²) >= 11 is 0. The van der Waals surface area contributed by atoms with E-state index in [1.807, 2.05) is 0 Å². The summed E-state index contributed by atoms with van der Waals surface area (Å²) in [5.74, 6) is -0.323. The molecule has 1 amide bonds. The molecule has 0 unspecified atom stereocenters. The molecule has 2 aromatic carbocycles. The van der Waals surface area contributed by atoms with Crippen molar-refractivity contribution in [2.45, 2.75) is 21.6 Å². The van der Waals surface area contributed by atoms with Gasteiger partial charge in [0, 0.05) is 30.8 Å². The number of aromatic amines is 1. The van der Waals surface area contributed by atoms with Gasteiger partial charge in [-0.25, -0.2) is 27.1 Å². The average molecular weight is 476 g/mol. The van der Waals surface area contributed by atoms with Crippen LogP contribution in [0.2, 0.25) is 0 Å². The van der Waals surface area contributed by atoms with Crippen molar-refractivity contribution in [1.29, 1.82) is 0 Å². The van der Waals surface area contributed by atoms with Crippen LogP contribution in [0, 0.1) is 0 Å². The van der Waals surface area contributed by atoms with Crippen molar-refractivity contribution in [3.8, 4) is 22.5 Å². The predicted molar refractivity (Wildman–Crippen MR) is 111 cm³/mol. The van der Waals surface area contributed by atoms with Gasteiger partial charge in [-0.3, -0.25) is 4.79 Å². The molecule has 2 aliphatic rings. The number of rotatable bonds is 5. The standard InChI is InChI=1S/C18H17N7O5S2/c19-32(29,30)16-14(31(27,28)9-6-20-7-9)5-4-11(15(16)17-22-24-25-23-17)10-2-1-3-12-13(10)8-21-18(12)26/h1-5,9,20H,6-8H2,(H,21,26)(H2,19,29,30)(H,22,23,24,25). The minimum Gasteiger partial charge on any atom is -0.348 e. The third kappa shape index (κ3) is 3.10. The van der Waals surface area contributed by atoms with E-state index in [1.165, 1.54) is 12.1 Å². The van der Waals surface area contributed by atoms with E-state index in [1.54, 1.807) is 18.2 Å². The van der Waals surface area contributed by atoms with Crippen molar-refractivity contribution < 1.29 is 21.6 Å². The Bertz CT molecular complexity index is 1460. The average Bonchev–Trinajstić information content (AvgIpc) is 3.35. The van der Waals surface area contributed by atoms with Crippen molar-refractivity contribution in [2.75, 3.05) is 13.1 Å². The number of nitrogens with two attached hydrogens (primary N) is 1. The van der Waals surface area contributed by atoms with E-state index in [0.717, 1.165) is 0 Å². The Hall–Kier alpha value is -3.20. The van der Waals surface area contributed by atoms with Crippen LogP contribution in [-0.4, -0.2) is 61.7 Å². The van der Waals surface area contributed by atoms with Crippen LogP contribution in [0.15, 0.2) is 40.1 Å². The molecule has 0 radical (unpaired) electrons. The lowest BCUT2D eigenvalue weighted by molar-refractivity contribution is 0.0965. The first-order valence-corrected chi connectivity index (χ1v) is 12.6. The first-order chi connectivity index (χ1) is 15.2. The highest BCUT2D eigenvalue weighted by Crippen LogP contribution is 2.41. The highest BCUT2D eigenvalue weighted by atomic mass is 32.2. The summed E-state index contributed by atoms with van der Waals surface area (Å²) in [6.07, 6.45) is 0. The predicted octanol–water partition coefficient (Wildman–Crippen LogP) is -0.830. The number of hydrogen-bond donors (Lipinski definition) is 4. The van der Waals surface area contributed by atoms with Crippen LogP contribution in [0.5, 0.6) is 0 Å². The van der Waals surface area contributed by atoms with Gasteiger partial charge in [-0.15, -0.1) is 5.10 Å². The Morgan fingerprint density at radius 1 is 1.00 bits per heavy atom. The molecule has 0 atom stereocenters. The van der Waals surface area contributed by atoms with Crippen LogP contribution >= 0.6 is 0 Å². The zero-order valence-electron chi connectivity index (χ0n) is 16.4. The van der Waals surface area contributed by atoms with Gasteiger partial charge in [0.2, 0.25) is 10.0 Å². The van der Waals surface area contributed by atoms with Crippen LogP contribution in [-0.2, 0) is 26.4 Å². The van der Waals surface area contributed by atoms with Crippen molar-refractivity contribution in [3.63, 3.8) is 0 Å². The molecular formula is C18H17N7O5S2. The third-order valence-electron chi connectivity index (χ3n) is 5.61. The molecule has 12 nitrogen and oxygen atoms in total. The van der Waals surface area contributed by atoms with Gasteiger partial charge < -0.3 is 10.6 Å². The second-order valence-corrected chi connectivity index (χ2v) is 11.1. The first kappa shape index (κ1) is 20.7. The molecule has 0 bridgehead atoms. The molecule has 0 saturated carbocycles. The molecule has 5 rings (SSSR count). The fourth-order valence-corrected chi connectivity index (χ4v) is 7.15. The smallest absolute Gasteiger partial charge is 0.251 e. The molecule has 0 aliphatic carbocycles. The maximum Gasteiger partial charge on any atom is 0.251 e. The summed E-state index contributed by atoms with van der Waals surface area (Å²) in [5, 5.41) is 23.7. The largest absolute Gasteiger partial charge is 0.348 e. The molecule has 1 aromatic heterocycles. The Morgan fingerprint density at radius 2 is 1.75 bits per heavy atom. The Kier molecular flexibility index (Phi) is 4.63. The molecule has 3 heterocycles. The van der Waals surface area contributed by atoms with Crippen molar-refractivity contribution in [3.05, 3.63) is 41.5 Å². The molecule has 1 saturated heterocycles. The van der Waals surface area contributed by atoms with Gasteiger partial charge in [0.05, 0.1) is 10.1 Å². The SMILES string of the molecule is NS(=O)(=O)c1c(S(=O)(=O)C2CNC2)ccc(-c2cccc3c2CNC3=O)c1-c1nnn[nH]1. The molecular weight excluding hydrogens is 458 g/mol. The third-order valence-corrected chi connectivity index (χ3v) is 8.90. The van der Waals surface area contributed by atoms with Crippen LogP contribution in [0.4, 0.5) is 0 Å². The van der Waals surface area contributed by atoms with E-state index in [2.05, 4.69) is 31.3 Å². The number of nitrogens with zero attached hydrogens (tertiary/aromatic N) is 3. The number of hydrogen-bond acceptors (Lipinski definition) is 9. The number of tetrazole rings is 1. The number of amides is 1. The highest BCUT2D eigenvalue weighted by Gasteiger charge is 2.39. The number of primary sulfonamides is 1. The van der Waals surface area contributed by atoms with E-state index in [4.69, 9.17) is 5.14 Å². The fourth-order valence-electron chi connectivity index (χ4n) is 3.96. The Morgan fingerprint density at radius 3 is 2.38 bits per heavy atom. The van der Waals surface area contributed by atoms with Gasteiger partial charge in [-0.05, 0) is 39.2 Å². The maximum atomic E-state index is 13.2.